The van der Waals surface area contributed by atoms with E-state index in [-0.39, 0.29) is 63.2 Å². The highest BCUT2D eigenvalue weighted by atomic mass is 19.1. The predicted octanol–water partition coefficient (Wildman–Crippen LogP) is 5.24. The molecule has 3 atom stereocenters. The number of hydrogen-bond donors (Lipinski definition) is 2. The molecule has 0 amide bonds. The monoisotopic (exact) mass is 656 g/mol. The minimum atomic E-state index is -0.783. The van der Waals surface area contributed by atoms with Crippen LogP contribution in [0.15, 0.2) is 42.4 Å². The van der Waals surface area contributed by atoms with Crippen LogP contribution in [0, 0.1) is 24.0 Å². The Hall–Kier alpha value is -4.44. The molecule has 4 aromatic rings. The quantitative estimate of drug-likeness (QED) is 0.259. The van der Waals surface area contributed by atoms with Crippen molar-refractivity contribution >= 4 is 27.5 Å². The second-order valence-corrected chi connectivity index (χ2v) is 13.6. The normalized spacial score (nSPS) is 26.1. The van der Waals surface area contributed by atoms with Crippen LogP contribution in [0.2, 0.25) is 0 Å². The number of fused-ring (bicyclic) bond motifs is 5. The van der Waals surface area contributed by atoms with Crippen LogP contribution in [0.3, 0.4) is 0 Å². The molecule has 2 N–H and O–H groups in total. The van der Waals surface area contributed by atoms with E-state index in [4.69, 9.17) is 20.9 Å². The van der Waals surface area contributed by atoms with E-state index in [0.29, 0.717) is 55.6 Å². The van der Waals surface area contributed by atoms with Gasteiger partial charge in [-0.15, -0.1) is 6.42 Å². The maximum Gasteiger partial charge on any atom is 0.319 e. The first-order valence-electron chi connectivity index (χ1n) is 16.2. The second kappa shape index (κ2) is 11.6. The lowest BCUT2D eigenvalue weighted by Gasteiger charge is -2.41. The molecule has 8 rings (SSSR count). The molecule has 2 aromatic carbocycles. The number of piperazine rings is 1. The van der Waals surface area contributed by atoms with Crippen LogP contribution in [-0.4, -0.2) is 88.6 Å². The van der Waals surface area contributed by atoms with Gasteiger partial charge < -0.3 is 24.8 Å². The molecule has 4 aliphatic rings. The van der Waals surface area contributed by atoms with Gasteiger partial charge in [0.2, 0.25) is 0 Å². The lowest BCUT2D eigenvalue weighted by atomic mass is 9.94. The van der Waals surface area contributed by atoms with Crippen molar-refractivity contribution in [1.82, 2.24) is 25.2 Å². The molecule has 6 heterocycles. The molecule has 2 bridgehead atoms. The van der Waals surface area contributed by atoms with E-state index in [1.807, 2.05) is 0 Å². The average molecular weight is 657 g/mol. The molecule has 4 saturated heterocycles. The molecule has 0 saturated carbocycles. The fraction of sp³-hybridized carbons (Fsp3) is 0.417. The molecule has 4 fully saturated rings. The highest BCUT2D eigenvalue weighted by molar-refractivity contribution is 6.03. The Bertz CT molecular complexity index is 2030. The minimum Gasteiger partial charge on any atom is -0.508 e. The Morgan fingerprint density at radius 2 is 2.08 bits per heavy atom. The van der Waals surface area contributed by atoms with Gasteiger partial charge in [-0.3, -0.25) is 9.88 Å². The third-order valence-corrected chi connectivity index (χ3v) is 10.5. The summed E-state index contributed by atoms with van der Waals surface area (Å²) in [6, 6.07) is 5.64. The smallest absolute Gasteiger partial charge is 0.319 e. The van der Waals surface area contributed by atoms with Gasteiger partial charge in [0.05, 0.1) is 35.0 Å². The molecule has 0 radical (unpaired) electrons. The molecule has 248 valence electrons. The third-order valence-electron chi connectivity index (χ3n) is 10.5. The standard InChI is InChI=1S/C36H35F3N6O3/c1-3-25-28(38)6-5-22-11-24(46)12-26(29(22)25)31-30(39)32-27(15-40-31)33(44-17-23-7-9-35(18-44,43-23)19-47-2)42-34(41-32)48-20-36-8-4-10-45(36)16-21(13-36)14-37/h1,5-6,11-12,14-15,23,43,46H,4,7-10,13,16-20H2,2H3/b21-14-/t23-,35+,36-/m0/s1. The van der Waals surface area contributed by atoms with Crippen LogP contribution >= 0.6 is 0 Å². The van der Waals surface area contributed by atoms with E-state index in [2.05, 4.69) is 31.0 Å². The van der Waals surface area contributed by atoms with E-state index in [9.17, 15) is 13.9 Å². The Morgan fingerprint density at radius 3 is 2.90 bits per heavy atom. The number of halogens is 3. The zero-order valence-electron chi connectivity index (χ0n) is 26.5. The van der Waals surface area contributed by atoms with Crippen molar-refractivity contribution in [2.45, 2.75) is 49.2 Å². The van der Waals surface area contributed by atoms with Crippen molar-refractivity contribution in [2.75, 3.05) is 51.4 Å². The summed E-state index contributed by atoms with van der Waals surface area (Å²) in [7, 11) is 1.68. The van der Waals surface area contributed by atoms with Crippen LogP contribution < -0.4 is 15.0 Å². The first-order chi connectivity index (χ1) is 23.2. The molecule has 0 spiro atoms. The summed E-state index contributed by atoms with van der Waals surface area (Å²) in [6.45, 7) is 3.31. The van der Waals surface area contributed by atoms with Gasteiger partial charge >= 0.3 is 6.01 Å². The van der Waals surface area contributed by atoms with Crippen LogP contribution in [0.1, 0.15) is 37.7 Å². The van der Waals surface area contributed by atoms with E-state index in [1.54, 1.807) is 7.11 Å². The van der Waals surface area contributed by atoms with Crippen LogP contribution in [0.4, 0.5) is 19.0 Å². The highest BCUT2D eigenvalue weighted by Crippen LogP contribution is 2.43. The number of methoxy groups -OCH3 is 1. The molecule has 48 heavy (non-hydrogen) atoms. The van der Waals surface area contributed by atoms with Gasteiger partial charge in [-0.05, 0) is 67.8 Å². The topological polar surface area (TPSA) is 95.9 Å². The Morgan fingerprint density at radius 1 is 1.21 bits per heavy atom. The molecule has 12 heteroatoms. The van der Waals surface area contributed by atoms with Crippen molar-refractivity contribution < 1.29 is 27.8 Å². The number of hydrogen-bond acceptors (Lipinski definition) is 9. The molecule has 0 unspecified atom stereocenters. The first-order valence-corrected chi connectivity index (χ1v) is 16.2. The van der Waals surface area contributed by atoms with E-state index in [0.717, 1.165) is 37.8 Å². The average Bonchev–Trinajstić information content (AvgIpc) is 3.73. The predicted molar refractivity (Wildman–Crippen MR) is 176 cm³/mol. The number of nitrogens with one attached hydrogen (secondary N) is 1. The Kier molecular flexibility index (Phi) is 7.47. The zero-order valence-corrected chi connectivity index (χ0v) is 26.5. The number of rotatable bonds is 7. The van der Waals surface area contributed by atoms with E-state index >= 15 is 4.39 Å². The number of ether oxygens (including phenoxy) is 2. The van der Waals surface area contributed by atoms with Gasteiger partial charge in [0, 0.05) is 49.9 Å². The summed E-state index contributed by atoms with van der Waals surface area (Å²) in [5.41, 5.74) is -0.0537. The SMILES string of the molecule is C#Cc1c(F)ccc2cc(O)cc(-c3ncc4c(N5C[C@@H]6CC[C@](COC)(C5)N6)nc(OC[C@@]56CCCN5C/C(=C\F)C6)nc4c3F)c12. The summed E-state index contributed by atoms with van der Waals surface area (Å²) in [4.78, 5) is 18.3. The second-order valence-electron chi connectivity index (χ2n) is 13.6. The fourth-order valence-corrected chi connectivity index (χ4v) is 8.50. The van der Waals surface area contributed by atoms with Crippen LogP contribution in [0.5, 0.6) is 11.8 Å². The zero-order chi connectivity index (χ0) is 33.2. The van der Waals surface area contributed by atoms with E-state index < -0.39 is 11.6 Å². The molecular weight excluding hydrogens is 621 g/mol. The Balaban J connectivity index is 1.27. The number of phenolic OH excluding ortho intramolecular Hbond substituents is 1. The number of aromatic hydroxyl groups is 1. The number of terminal acetylenes is 1. The highest BCUT2D eigenvalue weighted by Gasteiger charge is 2.48. The molecule has 9 nitrogen and oxygen atoms in total. The fourth-order valence-electron chi connectivity index (χ4n) is 8.50. The maximum absolute atomic E-state index is 16.9. The Labute approximate surface area is 275 Å². The molecular formula is C36H35F3N6O3. The summed E-state index contributed by atoms with van der Waals surface area (Å²) in [5.74, 6) is 1.28. The van der Waals surface area contributed by atoms with Crippen molar-refractivity contribution in [3.8, 4) is 35.4 Å². The van der Waals surface area contributed by atoms with E-state index in [1.165, 1.54) is 30.5 Å². The molecule has 4 aliphatic heterocycles. The molecule has 2 aromatic heterocycles. The minimum absolute atomic E-state index is 0.00440. The van der Waals surface area contributed by atoms with Crippen molar-refractivity contribution in [2.24, 2.45) is 0 Å². The van der Waals surface area contributed by atoms with Gasteiger partial charge in [-0.25, -0.2) is 13.2 Å². The molecule has 0 aliphatic carbocycles. The summed E-state index contributed by atoms with van der Waals surface area (Å²) < 4.78 is 57.3. The number of benzene rings is 2. The van der Waals surface area contributed by atoms with Gasteiger partial charge in [0.1, 0.15) is 35.2 Å². The lowest BCUT2D eigenvalue weighted by Crippen LogP contribution is -2.61. The van der Waals surface area contributed by atoms with Crippen molar-refractivity contribution in [3.63, 3.8) is 0 Å². The van der Waals surface area contributed by atoms with Crippen LogP contribution in [0.25, 0.3) is 32.9 Å². The van der Waals surface area contributed by atoms with Crippen LogP contribution in [-0.2, 0) is 4.74 Å². The van der Waals surface area contributed by atoms with Crippen molar-refractivity contribution in [1.29, 1.82) is 0 Å². The summed E-state index contributed by atoms with van der Waals surface area (Å²) in [6.07, 6.45) is 12.1. The number of nitrogens with zero attached hydrogens (tertiary/aromatic N) is 5. The number of phenols is 1. The van der Waals surface area contributed by atoms with Gasteiger partial charge in [0.15, 0.2) is 5.82 Å². The van der Waals surface area contributed by atoms with Gasteiger partial charge in [-0.1, -0.05) is 12.0 Å². The van der Waals surface area contributed by atoms with Crippen molar-refractivity contribution in [3.05, 3.63) is 59.6 Å². The largest absolute Gasteiger partial charge is 0.508 e. The van der Waals surface area contributed by atoms with Gasteiger partial charge in [0.25, 0.3) is 0 Å². The third kappa shape index (κ3) is 4.95. The number of aromatic nitrogens is 3. The number of anilines is 1. The summed E-state index contributed by atoms with van der Waals surface area (Å²) >= 11 is 0. The number of pyridine rings is 1. The maximum atomic E-state index is 16.9. The van der Waals surface area contributed by atoms with Gasteiger partial charge in [-0.2, -0.15) is 9.97 Å². The summed E-state index contributed by atoms with van der Waals surface area (Å²) in [5, 5.41) is 15.4. The lowest BCUT2D eigenvalue weighted by molar-refractivity contribution is 0.107. The first kappa shape index (κ1) is 30.9.